The van der Waals surface area contributed by atoms with Crippen molar-refractivity contribution in [3.8, 4) is 5.75 Å². The monoisotopic (exact) mass is 322 g/mol. The van der Waals surface area contributed by atoms with Gasteiger partial charge in [-0.05, 0) is 56.0 Å². The molecule has 1 aliphatic carbocycles. The van der Waals surface area contributed by atoms with Crippen LogP contribution in [0.4, 0.5) is 5.69 Å². The summed E-state index contributed by atoms with van der Waals surface area (Å²) in [7, 11) is 0. The predicted molar refractivity (Wildman–Crippen MR) is 90.3 cm³/mol. The van der Waals surface area contributed by atoms with Crippen molar-refractivity contribution in [2.75, 3.05) is 5.32 Å². The number of nitrogens with one attached hydrogen (secondary N) is 1. The smallest absolute Gasteiger partial charge is 0.276 e. The summed E-state index contributed by atoms with van der Waals surface area (Å²) in [4.78, 5) is 12.4. The molecule has 1 fully saturated rings. The maximum Gasteiger partial charge on any atom is 0.276 e. The molecule has 0 aliphatic heterocycles. The second kappa shape index (κ2) is 6.31. The Balaban J connectivity index is 1.48. The average Bonchev–Trinajstić information content (AvgIpc) is 3.24. The van der Waals surface area contributed by atoms with Gasteiger partial charge in [-0.3, -0.25) is 4.79 Å². The minimum absolute atomic E-state index is 0.265. The molecule has 1 aromatic carbocycles. The van der Waals surface area contributed by atoms with E-state index in [9.17, 15) is 4.79 Å². The van der Waals surface area contributed by atoms with Gasteiger partial charge in [0.2, 0.25) is 0 Å². The molecule has 1 N–H and O–H groups in total. The van der Waals surface area contributed by atoms with Crippen molar-refractivity contribution in [2.24, 2.45) is 0 Å². The zero-order valence-corrected chi connectivity index (χ0v) is 13.2. The van der Waals surface area contributed by atoms with Crippen LogP contribution >= 0.6 is 0 Å². The number of aromatic nitrogens is 3. The van der Waals surface area contributed by atoms with Gasteiger partial charge >= 0.3 is 0 Å². The average molecular weight is 322 g/mol. The summed E-state index contributed by atoms with van der Waals surface area (Å²) in [5.41, 5.74) is 1.80. The van der Waals surface area contributed by atoms with E-state index in [1.807, 2.05) is 36.4 Å². The highest BCUT2D eigenvalue weighted by Gasteiger charge is 2.17. The molecule has 1 amide bonds. The molecule has 6 heteroatoms. The molecule has 24 heavy (non-hydrogen) atoms. The summed E-state index contributed by atoms with van der Waals surface area (Å²) in [6.45, 7) is 0. The quantitative estimate of drug-likeness (QED) is 0.800. The highest BCUT2D eigenvalue weighted by Crippen LogP contribution is 2.26. The van der Waals surface area contributed by atoms with Crippen molar-refractivity contribution in [2.45, 2.75) is 31.8 Å². The van der Waals surface area contributed by atoms with Crippen LogP contribution in [0.2, 0.25) is 0 Å². The molecule has 1 saturated carbocycles. The van der Waals surface area contributed by atoms with Crippen LogP contribution in [0, 0.1) is 0 Å². The van der Waals surface area contributed by atoms with Gasteiger partial charge in [0.1, 0.15) is 5.75 Å². The fraction of sp³-hybridized carbons (Fsp3) is 0.278. The van der Waals surface area contributed by atoms with Crippen molar-refractivity contribution in [1.82, 2.24) is 14.8 Å². The SMILES string of the molecule is O=C(Nc1cccc(OC2CCCC2)c1)c1cc2cccnn2n1. The zero-order chi connectivity index (χ0) is 16.4. The lowest BCUT2D eigenvalue weighted by Gasteiger charge is -2.14. The first-order valence-electron chi connectivity index (χ1n) is 8.17. The van der Waals surface area contributed by atoms with Crippen LogP contribution in [-0.4, -0.2) is 26.8 Å². The number of ether oxygens (including phenoxy) is 1. The van der Waals surface area contributed by atoms with Crippen molar-refractivity contribution in [3.63, 3.8) is 0 Å². The molecule has 0 atom stereocenters. The summed E-state index contributed by atoms with van der Waals surface area (Å²) < 4.78 is 7.41. The van der Waals surface area contributed by atoms with Crippen LogP contribution in [0.1, 0.15) is 36.2 Å². The number of benzene rings is 1. The van der Waals surface area contributed by atoms with E-state index in [2.05, 4.69) is 15.5 Å². The number of amides is 1. The lowest BCUT2D eigenvalue weighted by molar-refractivity contribution is 0.102. The van der Waals surface area contributed by atoms with Gasteiger partial charge < -0.3 is 10.1 Å². The van der Waals surface area contributed by atoms with E-state index in [0.29, 0.717) is 17.5 Å². The third kappa shape index (κ3) is 3.08. The fourth-order valence-electron chi connectivity index (χ4n) is 2.99. The van der Waals surface area contributed by atoms with Crippen molar-refractivity contribution >= 4 is 17.1 Å². The molecule has 1 aliphatic rings. The summed E-state index contributed by atoms with van der Waals surface area (Å²) >= 11 is 0. The topological polar surface area (TPSA) is 68.5 Å². The van der Waals surface area contributed by atoms with Crippen LogP contribution in [0.25, 0.3) is 5.52 Å². The van der Waals surface area contributed by atoms with Gasteiger partial charge in [-0.15, -0.1) is 5.10 Å². The summed E-state index contributed by atoms with van der Waals surface area (Å²) in [5.74, 6) is 0.523. The Morgan fingerprint density at radius 3 is 2.88 bits per heavy atom. The molecule has 6 nitrogen and oxygen atoms in total. The Kier molecular flexibility index (Phi) is 3.86. The number of hydrogen-bond acceptors (Lipinski definition) is 4. The molecular weight excluding hydrogens is 304 g/mol. The largest absolute Gasteiger partial charge is 0.490 e. The molecule has 0 unspecified atom stereocenters. The van der Waals surface area contributed by atoms with Gasteiger partial charge in [0, 0.05) is 18.0 Å². The number of hydrogen-bond donors (Lipinski definition) is 1. The number of rotatable bonds is 4. The number of nitrogens with zero attached hydrogens (tertiary/aromatic N) is 3. The van der Waals surface area contributed by atoms with Crippen molar-refractivity contribution < 1.29 is 9.53 Å². The highest BCUT2D eigenvalue weighted by atomic mass is 16.5. The molecule has 0 radical (unpaired) electrons. The number of anilines is 1. The van der Waals surface area contributed by atoms with Crippen molar-refractivity contribution in [3.05, 3.63) is 54.4 Å². The Morgan fingerprint density at radius 1 is 1.17 bits per heavy atom. The number of fused-ring (bicyclic) bond motifs is 1. The normalized spacial score (nSPS) is 14.8. The van der Waals surface area contributed by atoms with Crippen LogP contribution in [-0.2, 0) is 0 Å². The van der Waals surface area contributed by atoms with Gasteiger partial charge in [0.05, 0.1) is 11.6 Å². The second-order valence-electron chi connectivity index (χ2n) is 5.97. The van der Waals surface area contributed by atoms with Crippen LogP contribution in [0.3, 0.4) is 0 Å². The Bertz CT molecular complexity index is 835. The standard InChI is InChI=1S/C18H18N4O2/c23-18(17-12-14-6-4-10-19-22(14)21-17)20-13-5-3-9-16(11-13)24-15-7-1-2-8-15/h3-6,9-12,15H,1-2,7-8H2,(H,20,23). The summed E-state index contributed by atoms with van der Waals surface area (Å²) in [6.07, 6.45) is 6.58. The Morgan fingerprint density at radius 2 is 2.04 bits per heavy atom. The van der Waals surface area contributed by atoms with E-state index in [1.165, 1.54) is 17.5 Å². The van der Waals surface area contributed by atoms with Gasteiger partial charge in [-0.1, -0.05) is 6.07 Å². The van der Waals surface area contributed by atoms with E-state index in [1.54, 1.807) is 12.3 Å². The minimum Gasteiger partial charge on any atom is -0.490 e. The predicted octanol–water partition coefficient (Wildman–Crippen LogP) is 3.30. The summed E-state index contributed by atoms with van der Waals surface area (Å²) in [5, 5.41) is 11.1. The molecule has 4 rings (SSSR count). The summed E-state index contributed by atoms with van der Waals surface area (Å²) in [6, 6.07) is 12.9. The lowest BCUT2D eigenvalue weighted by Crippen LogP contribution is -2.14. The van der Waals surface area contributed by atoms with E-state index >= 15 is 0 Å². The van der Waals surface area contributed by atoms with Gasteiger partial charge in [0.15, 0.2) is 5.69 Å². The highest BCUT2D eigenvalue weighted by molar-refractivity contribution is 6.03. The first kappa shape index (κ1) is 14.7. The fourth-order valence-corrected chi connectivity index (χ4v) is 2.99. The Hall–Kier alpha value is -2.89. The second-order valence-corrected chi connectivity index (χ2v) is 5.97. The van der Waals surface area contributed by atoms with Crippen LogP contribution in [0.15, 0.2) is 48.7 Å². The molecule has 3 aromatic rings. The molecule has 2 heterocycles. The van der Waals surface area contributed by atoms with Gasteiger partial charge in [-0.25, -0.2) is 0 Å². The van der Waals surface area contributed by atoms with Crippen molar-refractivity contribution in [1.29, 1.82) is 0 Å². The van der Waals surface area contributed by atoms with E-state index in [0.717, 1.165) is 24.1 Å². The maximum atomic E-state index is 12.4. The van der Waals surface area contributed by atoms with Crippen LogP contribution in [0.5, 0.6) is 5.75 Å². The molecule has 0 bridgehead atoms. The molecule has 0 spiro atoms. The van der Waals surface area contributed by atoms with Gasteiger partial charge in [0.25, 0.3) is 5.91 Å². The maximum absolute atomic E-state index is 12.4. The Labute approximate surface area is 139 Å². The van der Waals surface area contributed by atoms with Gasteiger partial charge in [-0.2, -0.15) is 9.73 Å². The third-order valence-corrected chi connectivity index (χ3v) is 4.18. The first-order chi connectivity index (χ1) is 11.8. The molecule has 122 valence electrons. The van der Waals surface area contributed by atoms with Crippen LogP contribution < -0.4 is 10.1 Å². The zero-order valence-electron chi connectivity index (χ0n) is 13.2. The third-order valence-electron chi connectivity index (χ3n) is 4.18. The lowest BCUT2D eigenvalue weighted by atomic mass is 10.2. The first-order valence-corrected chi connectivity index (χ1v) is 8.17. The number of carbonyl (C=O) groups excluding carboxylic acids is 1. The number of carbonyl (C=O) groups is 1. The molecular formula is C18H18N4O2. The van der Waals surface area contributed by atoms with E-state index in [4.69, 9.17) is 4.74 Å². The minimum atomic E-state index is -0.265. The molecule has 0 saturated heterocycles. The van der Waals surface area contributed by atoms with E-state index < -0.39 is 0 Å². The van der Waals surface area contributed by atoms with E-state index in [-0.39, 0.29) is 5.91 Å². The molecule has 2 aromatic heterocycles.